The minimum absolute atomic E-state index is 0.0297. The highest BCUT2D eigenvalue weighted by Gasteiger charge is 2.19. The van der Waals surface area contributed by atoms with E-state index in [-0.39, 0.29) is 11.1 Å². The van der Waals surface area contributed by atoms with E-state index in [0.29, 0.717) is 23.1 Å². The number of hydrogen-bond acceptors (Lipinski definition) is 4. The van der Waals surface area contributed by atoms with Crippen molar-refractivity contribution in [1.29, 1.82) is 0 Å². The van der Waals surface area contributed by atoms with Crippen molar-refractivity contribution >= 4 is 29.2 Å². The number of rotatable bonds is 7. The molecule has 0 aliphatic carbocycles. The number of aromatic nitrogens is 2. The van der Waals surface area contributed by atoms with Crippen molar-refractivity contribution in [3.63, 3.8) is 0 Å². The van der Waals surface area contributed by atoms with E-state index < -0.39 is 4.92 Å². The molecule has 0 spiro atoms. The van der Waals surface area contributed by atoms with E-state index in [1.165, 1.54) is 11.8 Å². The lowest BCUT2D eigenvalue weighted by Gasteiger charge is -2.18. The molecule has 134 valence electrons. The van der Waals surface area contributed by atoms with Crippen LogP contribution in [-0.2, 0) is 6.54 Å². The summed E-state index contributed by atoms with van der Waals surface area (Å²) in [6.07, 6.45) is 1.31. The highest BCUT2D eigenvalue weighted by molar-refractivity contribution is 7.99. The standard InChI is InChI=1S/C19H18ClN3O2S/c1-14-21-13-18(23(24)25)22(14)10-11-26-19(15-6-3-2-4-7-15)16-8-5-9-17(20)12-16/h2-9,12-13,19H,10-11H2,1H3. The maximum atomic E-state index is 11.1. The molecule has 0 amide bonds. The topological polar surface area (TPSA) is 61.0 Å². The minimum atomic E-state index is -0.393. The summed E-state index contributed by atoms with van der Waals surface area (Å²) in [6, 6.07) is 18.0. The average Bonchev–Trinajstić information content (AvgIpc) is 3.00. The molecule has 1 aromatic heterocycles. The Bertz CT molecular complexity index is 899. The second-order valence-electron chi connectivity index (χ2n) is 5.79. The second kappa shape index (κ2) is 8.38. The molecule has 3 rings (SSSR count). The maximum Gasteiger partial charge on any atom is 0.342 e. The van der Waals surface area contributed by atoms with Crippen molar-refractivity contribution in [3.8, 4) is 0 Å². The third-order valence-electron chi connectivity index (χ3n) is 4.07. The normalized spacial score (nSPS) is 12.1. The number of benzene rings is 2. The van der Waals surface area contributed by atoms with Gasteiger partial charge < -0.3 is 10.1 Å². The minimum Gasteiger partial charge on any atom is -0.358 e. The summed E-state index contributed by atoms with van der Waals surface area (Å²) in [6.45, 7) is 2.31. The summed E-state index contributed by atoms with van der Waals surface area (Å²) >= 11 is 7.91. The van der Waals surface area contributed by atoms with Gasteiger partial charge in [-0.3, -0.25) is 0 Å². The zero-order valence-electron chi connectivity index (χ0n) is 14.2. The molecule has 2 aromatic carbocycles. The lowest BCUT2D eigenvalue weighted by atomic mass is 10.0. The zero-order valence-corrected chi connectivity index (χ0v) is 15.8. The van der Waals surface area contributed by atoms with Gasteiger partial charge in [-0.25, -0.2) is 9.55 Å². The van der Waals surface area contributed by atoms with Crippen LogP contribution in [0.1, 0.15) is 22.2 Å². The molecule has 7 heteroatoms. The van der Waals surface area contributed by atoms with Crippen LogP contribution in [0.25, 0.3) is 0 Å². The third-order valence-corrected chi connectivity index (χ3v) is 5.61. The van der Waals surface area contributed by atoms with Gasteiger partial charge in [-0.2, -0.15) is 0 Å². The fourth-order valence-electron chi connectivity index (χ4n) is 2.82. The number of nitro groups is 1. The molecule has 0 radical (unpaired) electrons. The maximum absolute atomic E-state index is 11.1. The molecule has 0 fully saturated rings. The molecule has 1 unspecified atom stereocenters. The predicted molar refractivity (Wildman–Crippen MR) is 106 cm³/mol. The molecule has 5 nitrogen and oxygen atoms in total. The van der Waals surface area contributed by atoms with Gasteiger partial charge in [0.1, 0.15) is 12.7 Å². The molecule has 26 heavy (non-hydrogen) atoms. The van der Waals surface area contributed by atoms with Gasteiger partial charge in [0, 0.05) is 17.7 Å². The van der Waals surface area contributed by atoms with Gasteiger partial charge in [0.2, 0.25) is 0 Å². The molecule has 0 bridgehead atoms. The smallest absolute Gasteiger partial charge is 0.342 e. The zero-order chi connectivity index (χ0) is 18.5. The van der Waals surface area contributed by atoms with Crippen molar-refractivity contribution < 1.29 is 4.92 Å². The summed E-state index contributed by atoms with van der Waals surface area (Å²) in [7, 11) is 0. The number of hydrogen-bond donors (Lipinski definition) is 0. The van der Waals surface area contributed by atoms with Crippen LogP contribution in [0.3, 0.4) is 0 Å². The van der Waals surface area contributed by atoms with Gasteiger partial charge in [-0.15, -0.1) is 11.8 Å². The van der Waals surface area contributed by atoms with Gasteiger partial charge in [-0.1, -0.05) is 54.1 Å². The summed E-state index contributed by atoms with van der Waals surface area (Å²) < 4.78 is 1.65. The van der Waals surface area contributed by atoms with Gasteiger partial charge in [-0.05, 0) is 28.2 Å². The molecule has 1 atom stereocenters. The van der Waals surface area contributed by atoms with Crippen molar-refractivity contribution in [2.75, 3.05) is 5.75 Å². The van der Waals surface area contributed by atoms with Gasteiger partial charge in [0.25, 0.3) is 0 Å². The Morgan fingerprint density at radius 1 is 1.19 bits per heavy atom. The van der Waals surface area contributed by atoms with E-state index in [0.717, 1.165) is 5.56 Å². The number of thioether (sulfide) groups is 1. The molecule has 0 saturated carbocycles. The Morgan fingerprint density at radius 2 is 1.92 bits per heavy atom. The second-order valence-corrected chi connectivity index (χ2v) is 7.44. The van der Waals surface area contributed by atoms with Gasteiger partial charge >= 0.3 is 5.82 Å². The molecule has 0 aliphatic heterocycles. The van der Waals surface area contributed by atoms with Crippen LogP contribution in [0, 0.1) is 17.0 Å². The van der Waals surface area contributed by atoms with Crippen LogP contribution < -0.4 is 0 Å². The lowest BCUT2D eigenvalue weighted by molar-refractivity contribution is -0.392. The van der Waals surface area contributed by atoms with E-state index in [2.05, 4.69) is 23.2 Å². The Morgan fingerprint density at radius 3 is 2.62 bits per heavy atom. The van der Waals surface area contributed by atoms with Crippen LogP contribution in [0.5, 0.6) is 0 Å². The SMILES string of the molecule is Cc1ncc([N+](=O)[O-])n1CCSC(c1ccccc1)c1cccc(Cl)c1. The fourth-order valence-corrected chi connectivity index (χ4v) is 4.23. The lowest BCUT2D eigenvalue weighted by Crippen LogP contribution is -2.08. The third kappa shape index (κ3) is 4.26. The Kier molecular flexibility index (Phi) is 5.96. The Balaban J connectivity index is 1.79. The first-order chi connectivity index (χ1) is 12.6. The van der Waals surface area contributed by atoms with Crippen molar-refractivity contribution in [2.45, 2.75) is 18.7 Å². The van der Waals surface area contributed by atoms with E-state index in [1.54, 1.807) is 23.3 Å². The van der Waals surface area contributed by atoms with Crippen LogP contribution in [-0.4, -0.2) is 20.2 Å². The highest BCUT2D eigenvalue weighted by atomic mass is 35.5. The van der Waals surface area contributed by atoms with Gasteiger partial charge in [0.05, 0.1) is 5.25 Å². The van der Waals surface area contributed by atoms with Crippen molar-refractivity contribution in [2.24, 2.45) is 0 Å². The molecule has 0 saturated heterocycles. The fraction of sp³-hybridized carbons (Fsp3) is 0.211. The highest BCUT2D eigenvalue weighted by Crippen LogP contribution is 2.36. The molecular formula is C19H18ClN3O2S. The number of nitrogens with zero attached hydrogens (tertiary/aromatic N) is 3. The van der Waals surface area contributed by atoms with Crippen molar-refractivity contribution in [1.82, 2.24) is 9.55 Å². The number of aryl methyl sites for hydroxylation is 1. The Labute approximate surface area is 161 Å². The number of imidazole rings is 1. The first kappa shape index (κ1) is 18.5. The molecule has 0 N–H and O–H groups in total. The summed E-state index contributed by atoms with van der Waals surface area (Å²) in [5, 5.41) is 11.9. The average molecular weight is 388 g/mol. The van der Waals surface area contributed by atoms with Crippen molar-refractivity contribution in [3.05, 3.63) is 92.9 Å². The summed E-state index contributed by atoms with van der Waals surface area (Å²) in [5.41, 5.74) is 2.29. The predicted octanol–water partition coefficient (Wildman–Crippen LogP) is 5.28. The van der Waals surface area contributed by atoms with E-state index in [9.17, 15) is 10.1 Å². The first-order valence-corrected chi connectivity index (χ1v) is 9.57. The summed E-state index contributed by atoms with van der Waals surface area (Å²) in [4.78, 5) is 14.8. The monoisotopic (exact) mass is 387 g/mol. The molecule has 0 aliphatic rings. The molecule has 1 heterocycles. The van der Waals surface area contributed by atoms with Crippen LogP contribution in [0.2, 0.25) is 5.02 Å². The van der Waals surface area contributed by atoms with Crippen LogP contribution >= 0.6 is 23.4 Å². The van der Waals surface area contributed by atoms with Gasteiger partial charge in [0.15, 0.2) is 5.82 Å². The largest absolute Gasteiger partial charge is 0.358 e. The van der Waals surface area contributed by atoms with Crippen LogP contribution in [0.4, 0.5) is 5.82 Å². The quantitative estimate of drug-likeness (QED) is 0.409. The van der Waals surface area contributed by atoms with E-state index in [1.807, 2.05) is 36.4 Å². The Hall–Kier alpha value is -2.31. The van der Waals surface area contributed by atoms with Crippen LogP contribution in [0.15, 0.2) is 60.8 Å². The molecular weight excluding hydrogens is 370 g/mol. The van der Waals surface area contributed by atoms with E-state index >= 15 is 0 Å². The number of halogens is 1. The molecule has 3 aromatic rings. The summed E-state index contributed by atoms with van der Waals surface area (Å²) in [5.74, 6) is 1.39. The van der Waals surface area contributed by atoms with E-state index in [4.69, 9.17) is 11.6 Å². The first-order valence-electron chi connectivity index (χ1n) is 8.15.